The Hall–Kier alpha value is -2.41. The monoisotopic (exact) mass is 403 g/mol. The van der Waals surface area contributed by atoms with Crippen molar-refractivity contribution in [3.8, 4) is 0 Å². The van der Waals surface area contributed by atoms with Gasteiger partial charge in [-0.2, -0.15) is 13.2 Å². The van der Waals surface area contributed by atoms with Gasteiger partial charge in [-0.05, 0) is 49.1 Å². The van der Waals surface area contributed by atoms with Crippen LogP contribution in [0.1, 0.15) is 40.9 Å². The van der Waals surface area contributed by atoms with Gasteiger partial charge in [0.2, 0.25) is 0 Å². The Bertz CT molecular complexity index is 856. The number of pyridine rings is 1. The van der Waals surface area contributed by atoms with E-state index < -0.39 is 11.7 Å². The van der Waals surface area contributed by atoms with Crippen molar-refractivity contribution in [2.45, 2.75) is 38.0 Å². The van der Waals surface area contributed by atoms with Gasteiger partial charge in [0.05, 0.1) is 5.56 Å². The van der Waals surface area contributed by atoms with E-state index in [0.29, 0.717) is 36.8 Å². The smallest absolute Gasteiger partial charge is 0.335 e. The van der Waals surface area contributed by atoms with Gasteiger partial charge in [0, 0.05) is 31.9 Å². The summed E-state index contributed by atoms with van der Waals surface area (Å²) in [5.41, 5.74) is 0.489. The Kier molecular flexibility index (Phi) is 5.58. The van der Waals surface area contributed by atoms with Crippen LogP contribution in [0.3, 0.4) is 0 Å². The molecule has 4 rings (SSSR count). The summed E-state index contributed by atoms with van der Waals surface area (Å²) in [5.74, 6) is 0.272. The van der Waals surface area contributed by atoms with E-state index in [4.69, 9.17) is 0 Å². The average Bonchev–Trinajstić information content (AvgIpc) is 3.05. The number of carbonyl (C=O) groups excluding carboxylic acids is 1. The molecule has 0 bridgehead atoms. The third-order valence-electron chi connectivity index (χ3n) is 5.96. The topological polar surface area (TPSA) is 36.4 Å². The molecule has 0 unspecified atom stereocenters. The van der Waals surface area contributed by atoms with Crippen molar-refractivity contribution >= 4 is 5.91 Å². The molecule has 2 aromatic rings. The molecule has 7 heteroatoms. The molecule has 1 aromatic heterocycles. The predicted molar refractivity (Wildman–Crippen MR) is 103 cm³/mol. The second-order valence-electron chi connectivity index (χ2n) is 7.92. The molecule has 0 radical (unpaired) electrons. The number of hydrogen-bond acceptors (Lipinski definition) is 3. The summed E-state index contributed by atoms with van der Waals surface area (Å²) in [6, 6.07) is 11.0. The highest BCUT2D eigenvalue weighted by Crippen LogP contribution is 2.33. The number of aromatic nitrogens is 1. The normalized spacial score (nSPS) is 22.9. The zero-order valence-electron chi connectivity index (χ0n) is 16.1. The fraction of sp³-hybridized carbons (Fsp3) is 0.455. The Labute approximate surface area is 168 Å². The van der Waals surface area contributed by atoms with Crippen LogP contribution in [0.5, 0.6) is 0 Å². The lowest BCUT2D eigenvalue weighted by molar-refractivity contribution is -0.137. The van der Waals surface area contributed by atoms with E-state index in [-0.39, 0.29) is 11.9 Å². The summed E-state index contributed by atoms with van der Waals surface area (Å²) in [7, 11) is 0. The Morgan fingerprint density at radius 1 is 1.10 bits per heavy atom. The van der Waals surface area contributed by atoms with Gasteiger partial charge in [0.25, 0.3) is 5.91 Å². The molecule has 0 spiro atoms. The van der Waals surface area contributed by atoms with Crippen LogP contribution in [0.15, 0.2) is 48.7 Å². The zero-order chi connectivity index (χ0) is 20.4. The lowest BCUT2D eigenvalue weighted by Crippen LogP contribution is -2.40. The molecule has 1 aromatic carbocycles. The minimum Gasteiger partial charge on any atom is -0.335 e. The summed E-state index contributed by atoms with van der Waals surface area (Å²) in [5, 5.41) is 0. The summed E-state index contributed by atoms with van der Waals surface area (Å²) in [6.45, 7) is 2.58. The lowest BCUT2D eigenvalue weighted by Gasteiger charge is -2.30. The first kappa shape index (κ1) is 19.9. The first-order valence-corrected chi connectivity index (χ1v) is 10.0. The van der Waals surface area contributed by atoms with E-state index in [1.165, 1.54) is 12.1 Å². The molecule has 4 nitrogen and oxygen atoms in total. The maximum absolute atomic E-state index is 13.1. The molecule has 154 valence electrons. The van der Waals surface area contributed by atoms with Gasteiger partial charge in [-0.3, -0.25) is 14.7 Å². The Balaban J connectivity index is 1.50. The Morgan fingerprint density at radius 3 is 2.72 bits per heavy atom. The number of alkyl halides is 3. The van der Waals surface area contributed by atoms with Crippen molar-refractivity contribution < 1.29 is 18.0 Å². The van der Waals surface area contributed by atoms with Gasteiger partial charge < -0.3 is 4.90 Å². The number of rotatable bonds is 3. The molecule has 0 N–H and O–H groups in total. The number of carbonyl (C=O) groups is 1. The van der Waals surface area contributed by atoms with E-state index in [1.807, 2.05) is 4.90 Å². The van der Waals surface area contributed by atoms with E-state index in [0.717, 1.165) is 31.9 Å². The molecule has 2 aliphatic heterocycles. The van der Waals surface area contributed by atoms with Gasteiger partial charge >= 0.3 is 6.18 Å². The molecular weight excluding hydrogens is 379 g/mol. The summed E-state index contributed by atoms with van der Waals surface area (Å²) in [6.07, 6.45) is 0.416. The van der Waals surface area contributed by atoms with Crippen LogP contribution in [0, 0.1) is 5.92 Å². The summed E-state index contributed by atoms with van der Waals surface area (Å²) >= 11 is 0. The molecule has 2 fully saturated rings. The van der Waals surface area contributed by atoms with Crippen molar-refractivity contribution in [2.24, 2.45) is 5.92 Å². The lowest BCUT2D eigenvalue weighted by atomic mass is 9.98. The van der Waals surface area contributed by atoms with Crippen LogP contribution in [-0.4, -0.2) is 46.4 Å². The second kappa shape index (κ2) is 8.14. The van der Waals surface area contributed by atoms with Crippen molar-refractivity contribution in [2.75, 3.05) is 19.6 Å². The average molecular weight is 403 g/mol. The highest BCUT2D eigenvalue weighted by atomic mass is 19.4. The fourth-order valence-electron chi connectivity index (χ4n) is 4.53. The number of likely N-dealkylation sites (tertiary alicyclic amines) is 2. The van der Waals surface area contributed by atoms with Crippen LogP contribution in [0.2, 0.25) is 0 Å². The first-order chi connectivity index (χ1) is 13.9. The predicted octanol–water partition coefficient (Wildman–Crippen LogP) is 4.23. The maximum atomic E-state index is 13.1. The molecule has 0 aliphatic carbocycles. The zero-order valence-corrected chi connectivity index (χ0v) is 16.1. The number of hydrogen-bond donors (Lipinski definition) is 0. The third kappa shape index (κ3) is 4.45. The van der Waals surface area contributed by atoms with Crippen LogP contribution in [-0.2, 0) is 12.7 Å². The minimum atomic E-state index is -4.34. The van der Waals surface area contributed by atoms with Crippen LogP contribution in [0.25, 0.3) is 0 Å². The molecule has 2 saturated heterocycles. The van der Waals surface area contributed by atoms with Crippen molar-refractivity contribution in [1.29, 1.82) is 0 Å². The largest absolute Gasteiger partial charge is 0.416 e. The first-order valence-electron chi connectivity index (χ1n) is 10.0. The molecule has 1 amide bonds. The van der Waals surface area contributed by atoms with Crippen molar-refractivity contribution in [3.05, 3.63) is 65.5 Å². The number of fused-ring (bicyclic) bond motifs is 1. The highest BCUT2D eigenvalue weighted by Gasteiger charge is 2.40. The van der Waals surface area contributed by atoms with Crippen molar-refractivity contribution in [3.63, 3.8) is 0 Å². The standard InChI is InChI=1S/C22H24F3N3O/c23-22(24,25)18-8-5-6-16(12-18)13-27-11-4-2-7-17-14-28(15-20(17)27)21(29)19-9-1-3-10-26-19/h1,3,5-6,8-10,12,17,20H,2,4,7,11,13-15H2/t17-,20+/m0/s1. The maximum Gasteiger partial charge on any atom is 0.416 e. The molecule has 0 saturated carbocycles. The molecular formula is C22H24F3N3O. The summed E-state index contributed by atoms with van der Waals surface area (Å²) < 4.78 is 39.2. The molecule has 2 atom stereocenters. The third-order valence-corrected chi connectivity index (χ3v) is 5.96. The summed E-state index contributed by atoms with van der Waals surface area (Å²) in [4.78, 5) is 21.1. The number of amides is 1. The van der Waals surface area contributed by atoms with Gasteiger partial charge in [0.1, 0.15) is 5.69 Å². The SMILES string of the molecule is O=C(c1ccccn1)N1C[C@@H]2CCCCN(Cc3cccc(C(F)(F)F)c3)[C@@H]2C1. The molecule has 2 aliphatic rings. The van der Waals surface area contributed by atoms with Gasteiger partial charge in [-0.1, -0.05) is 30.7 Å². The van der Waals surface area contributed by atoms with Crippen LogP contribution in [0.4, 0.5) is 13.2 Å². The van der Waals surface area contributed by atoms with Crippen LogP contribution < -0.4 is 0 Å². The van der Waals surface area contributed by atoms with E-state index in [2.05, 4.69) is 9.88 Å². The fourth-order valence-corrected chi connectivity index (χ4v) is 4.53. The van der Waals surface area contributed by atoms with Gasteiger partial charge in [-0.15, -0.1) is 0 Å². The van der Waals surface area contributed by atoms with E-state index in [1.54, 1.807) is 30.5 Å². The van der Waals surface area contributed by atoms with Gasteiger partial charge in [-0.25, -0.2) is 0 Å². The number of benzene rings is 1. The van der Waals surface area contributed by atoms with Crippen molar-refractivity contribution in [1.82, 2.24) is 14.8 Å². The second-order valence-corrected chi connectivity index (χ2v) is 7.92. The van der Waals surface area contributed by atoms with E-state index >= 15 is 0 Å². The Morgan fingerprint density at radius 2 is 1.97 bits per heavy atom. The molecule has 3 heterocycles. The quantitative estimate of drug-likeness (QED) is 0.770. The number of nitrogens with zero attached hydrogens (tertiary/aromatic N) is 3. The van der Waals surface area contributed by atoms with Crippen LogP contribution >= 0.6 is 0 Å². The number of halogens is 3. The van der Waals surface area contributed by atoms with Gasteiger partial charge in [0.15, 0.2) is 0 Å². The highest BCUT2D eigenvalue weighted by molar-refractivity contribution is 5.92. The molecule has 29 heavy (non-hydrogen) atoms. The minimum absolute atomic E-state index is 0.0716. The van der Waals surface area contributed by atoms with E-state index in [9.17, 15) is 18.0 Å².